The zero-order valence-corrected chi connectivity index (χ0v) is 10.8. The van der Waals surface area contributed by atoms with Crippen LogP contribution in [0.2, 0.25) is 0 Å². The van der Waals surface area contributed by atoms with Crippen molar-refractivity contribution in [3.05, 3.63) is 42.0 Å². The van der Waals surface area contributed by atoms with Gasteiger partial charge >= 0.3 is 0 Å². The molecule has 0 saturated heterocycles. The lowest BCUT2D eigenvalue weighted by Crippen LogP contribution is -2.48. The summed E-state index contributed by atoms with van der Waals surface area (Å²) in [6.07, 6.45) is 4.89. The van der Waals surface area contributed by atoms with Crippen LogP contribution in [-0.2, 0) is 0 Å². The van der Waals surface area contributed by atoms with E-state index in [0.717, 1.165) is 5.69 Å². The molecule has 0 saturated carbocycles. The van der Waals surface area contributed by atoms with Crippen LogP contribution in [0, 0.1) is 0 Å². The Kier molecular flexibility index (Phi) is 3.71. The maximum atomic E-state index is 13.6. The second-order valence-corrected chi connectivity index (χ2v) is 4.37. The highest BCUT2D eigenvalue weighted by atomic mass is 19.1. The molecule has 1 unspecified atom stereocenters. The fraction of sp³-hybridized carbons (Fsp3) is 0.308. The quantitative estimate of drug-likeness (QED) is 0.721. The molecule has 2 rings (SSSR count). The summed E-state index contributed by atoms with van der Waals surface area (Å²) < 4.78 is 18.6. The Morgan fingerprint density at radius 1 is 1.53 bits per heavy atom. The van der Waals surface area contributed by atoms with Crippen LogP contribution in [0.25, 0.3) is 0 Å². The monoisotopic (exact) mass is 265 g/mol. The van der Waals surface area contributed by atoms with Gasteiger partial charge in [0, 0.05) is 11.6 Å². The Hall–Kier alpha value is -2.08. The van der Waals surface area contributed by atoms with Gasteiger partial charge in [0.2, 0.25) is 5.88 Å². The lowest BCUT2D eigenvalue weighted by molar-refractivity contribution is 0.321. The minimum absolute atomic E-state index is 0.229. The van der Waals surface area contributed by atoms with Crippen LogP contribution < -0.4 is 15.4 Å². The molecule has 0 bridgehead atoms. The van der Waals surface area contributed by atoms with Gasteiger partial charge in [-0.15, -0.1) is 0 Å². The van der Waals surface area contributed by atoms with Crippen LogP contribution in [0.15, 0.2) is 42.0 Å². The number of methoxy groups -OCH3 is 1. The number of rotatable bonds is 4. The summed E-state index contributed by atoms with van der Waals surface area (Å²) in [5.41, 5.74) is 0.173. The van der Waals surface area contributed by atoms with Gasteiger partial charge in [0.05, 0.1) is 25.6 Å². The maximum Gasteiger partial charge on any atom is 0.213 e. The number of hydrogen-bond donors (Lipinski definition) is 3. The Morgan fingerprint density at radius 3 is 2.84 bits per heavy atom. The number of pyridine rings is 1. The lowest BCUT2D eigenvalue weighted by atomic mass is 10.1. The highest BCUT2D eigenvalue weighted by molar-refractivity contribution is 5.47. The molecule has 0 radical (unpaired) electrons. The van der Waals surface area contributed by atoms with E-state index < -0.39 is 11.6 Å². The van der Waals surface area contributed by atoms with Crippen molar-refractivity contribution in [1.82, 2.24) is 10.3 Å². The number of nitrogens with one attached hydrogen (secondary N) is 2. The maximum absolute atomic E-state index is 13.6. The Morgan fingerprint density at radius 2 is 2.32 bits per heavy atom. The summed E-state index contributed by atoms with van der Waals surface area (Å²) in [7, 11) is 1.54. The van der Waals surface area contributed by atoms with Crippen LogP contribution in [0.5, 0.6) is 5.88 Å². The zero-order chi connectivity index (χ0) is 13.9. The van der Waals surface area contributed by atoms with Crippen molar-refractivity contribution >= 4 is 5.69 Å². The molecule has 1 aliphatic rings. The summed E-state index contributed by atoms with van der Waals surface area (Å²) >= 11 is 0. The topological polar surface area (TPSA) is 66.4 Å². The minimum atomic E-state index is -0.779. The lowest BCUT2D eigenvalue weighted by Gasteiger charge is -2.32. The predicted molar refractivity (Wildman–Crippen MR) is 70.3 cm³/mol. The number of anilines is 1. The van der Waals surface area contributed by atoms with Crippen molar-refractivity contribution in [3.8, 4) is 5.88 Å². The molecule has 0 aliphatic carbocycles. The SMILES string of the molecule is COc1ccc(NC2(C)C=CC(CO)=C(F)N2)cn1. The van der Waals surface area contributed by atoms with Gasteiger partial charge in [-0.1, -0.05) is 6.08 Å². The first-order chi connectivity index (χ1) is 9.06. The van der Waals surface area contributed by atoms with Gasteiger partial charge in [-0.3, -0.25) is 0 Å². The third kappa shape index (κ3) is 3.03. The standard InChI is InChI=1S/C13H16FN3O2/c1-13(6-5-9(8-18)12(14)17-13)16-10-3-4-11(19-2)15-7-10/h3-7,16-18H,8H2,1-2H3. The van der Waals surface area contributed by atoms with Crippen LogP contribution in [0.4, 0.5) is 10.1 Å². The molecule has 2 heterocycles. The average Bonchev–Trinajstić information content (AvgIpc) is 2.39. The molecular weight excluding hydrogens is 249 g/mol. The number of aliphatic hydroxyl groups excluding tert-OH is 1. The average molecular weight is 265 g/mol. The second-order valence-electron chi connectivity index (χ2n) is 4.37. The molecule has 0 aromatic carbocycles. The first-order valence-electron chi connectivity index (χ1n) is 5.81. The molecule has 1 atom stereocenters. The second kappa shape index (κ2) is 5.27. The van der Waals surface area contributed by atoms with Crippen molar-refractivity contribution in [3.63, 3.8) is 0 Å². The van der Waals surface area contributed by atoms with E-state index in [9.17, 15) is 4.39 Å². The van der Waals surface area contributed by atoms with Crippen molar-refractivity contribution in [2.24, 2.45) is 0 Å². The summed E-state index contributed by atoms with van der Waals surface area (Å²) in [5, 5.41) is 14.7. The van der Waals surface area contributed by atoms with Gasteiger partial charge < -0.3 is 20.5 Å². The van der Waals surface area contributed by atoms with Crippen molar-refractivity contribution in [2.45, 2.75) is 12.6 Å². The van der Waals surface area contributed by atoms with E-state index in [2.05, 4.69) is 15.6 Å². The number of aromatic nitrogens is 1. The Balaban J connectivity index is 2.11. The molecule has 19 heavy (non-hydrogen) atoms. The van der Waals surface area contributed by atoms with Gasteiger partial charge in [-0.2, -0.15) is 4.39 Å². The molecule has 6 heteroatoms. The minimum Gasteiger partial charge on any atom is -0.481 e. The van der Waals surface area contributed by atoms with E-state index in [1.54, 1.807) is 44.5 Å². The normalized spacial score (nSPS) is 22.1. The van der Waals surface area contributed by atoms with E-state index in [4.69, 9.17) is 9.84 Å². The molecule has 1 aliphatic heterocycles. The molecular formula is C13H16FN3O2. The van der Waals surface area contributed by atoms with Crippen molar-refractivity contribution in [1.29, 1.82) is 0 Å². The first-order valence-corrected chi connectivity index (χ1v) is 5.81. The fourth-order valence-electron chi connectivity index (χ4n) is 1.76. The number of hydrogen-bond acceptors (Lipinski definition) is 5. The third-order valence-electron chi connectivity index (χ3n) is 2.79. The molecule has 102 valence electrons. The number of nitrogens with zero attached hydrogens (tertiary/aromatic N) is 1. The molecule has 3 N–H and O–H groups in total. The molecule has 1 aromatic rings. The smallest absolute Gasteiger partial charge is 0.213 e. The van der Waals surface area contributed by atoms with E-state index >= 15 is 0 Å². The van der Waals surface area contributed by atoms with E-state index in [0.29, 0.717) is 5.88 Å². The van der Waals surface area contributed by atoms with Gasteiger partial charge in [-0.25, -0.2) is 4.98 Å². The van der Waals surface area contributed by atoms with E-state index in [1.165, 1.54) is 0 Å². The van der Waals surface area contributed by atoms with E-state index in [-0.39, 0.29) is 12.2 Å². The highest BCUT2D eigenvalue weighted by Gasteiger charge is 2.26. The van der Waals surface area contributed by atoms with Crippen molar-refractivity contribution in [2.75, 3.05) is 19.0 Å². The first kappa shape index (κ1) is 13.4. The summed E-state index contributed by atoms with van der Waals surface area (Å²) in [5.74, 6) is -0.0297. The summed E-state index contributed by atoms with van der Waals surface area (Å²) in [6.45, 7) is 1.44. The van der Waals surface area contributed by atoms with Crippen molar-refractivity contribution < 1.29 is 14.2 Å². The summed E-state index contributed by atoms with van der Waals surface area (Å²) in [4.78, 5) is 4.06. The van der Waals surface area contributed by atoms with Crippen LogP contribution >= 0.6 is 0 Å². The molecule has 5 nitrogen and oxygen atoms in total. The number of dihydropyridines is 1. The molecule has 0 amide bonds. The molecule has 0 fully saturated rings. The fourth-order valence-corrected chi connectivity index (χ4v) is 1.76. The van der Waals surface area contributed by atoms with Gasteiger partial charge in [0.1, 0.15) is 5.66 Å². The highest BCUT2D eigenvalue weighted by Crippen LogP contribution is 2.22. The number of ether oxygens (including phenoxy) is 1. The molecule has 0 spiro atoms. The van der Waals surface area contributed by atoms with Crippen LogP contribution in [0.1, 0.15) is 6.92 Å². The van der Waals surface area contributed by atoms with Gasteiger partial charge in [0.15, 0.2) is 5.95 Å². The van der Waals surface area contributed by atoms with Gasteiger partial charge in [0.25, 0.3) is 0 Å². The molecule has 1 aromatic heterocycles. The van der Waals surface area contributed by atoms with E-state index in [1.807, 2.05) is 0 Å². The summed E-state index contributed by atoms with van der Waals surface area (Å²) in [6, 6.07) is 3.50. The Labute approximate surface area is 110 Å². The van der Waals surface area contributed by atoms with Crippen LogP contribution in [-0.4, -0.2) is 29.5 Å². The Bertz CT molecular complexity index is 513. The predicted octanol–water partition coefficient (Wildman–Crippen LogP) is 1.55. The third-order valence-corrected chi connectivity index (χ3v) is 2.79. The zero-order valence-electron chi connectivity index (χ0n) is 10.8. The largest absolute Gasteiger partial charge is 0.481 e. The number of aliphatic hydroxyl groups is 1. The number of halogens is 1. The van der Waals surface area contributed by atoms with Crippen LogP contribution in [0.3, 0.4) is 0 Å². The van der Waals surface area contributed by atoms with Gasteiger partial charge in [-0.05, 0) is 19.1 Å².